The van der Waals surface area contributed by atoms with Gasteiger partial charge in [-0.2, -0.15) is 13.2 Å². The van der Waals surface area contributed by atoms with Crippen molar-refractivity contribution in [3.8, 4) is 17.2 Å². The summed E-state index contributed by atoms with van der Waals surface area (Å²) in [6.07, 6.45) is -4.60. The van der Waals surface area contributed by atoms with Gasteiger partial charge in [0.15, 0.2) is 0 Å². The first-order valence-corrected chi connectivity index (χ1v) is 8.18. The van der Waals surface area contributed by atoms with Crippen LogP contribution in [-0.4, -0.2) is 22.8 Å². The number of hydrogen-bond acceptors (Lipinski definition) is 5. The van der Waals surface area contributed by atoms with Crippen LogP contribution in [0.1, 0.15) is 12.5 Å². The third-order valence-electron chi connectivity index (χ3n) is 3.54. The van der Waals surface area contributed by atoms with Crippen molar-refractivity contribution in [3.63, 3.8) is 0 Å². The average Bonchev–Trinajstić information content (AvgIpc) is 3.10. The summed E-state index contributed by atoms with van der Waals surface area (Å²) in [7, 11) is 0. The zero-order valence-corrected chi connectivity index (χ0v) is 14.6. The highest BCUT2D eigenvalue weighted by Crippen LogP contribution is 2.34. The molecule has 0 spiro atoms. The molecule has 0 fully saturated rings. The summed E-state index contributed by atoms with van der Waals surface area (Å²) in [4.78, 5) is 12.0. The molecule has 7 nitrogen and oxygen atoms in total. The van der Waals surface area contributed by atoms with Gasteiger partial charge in [-0.25, -0.2) is 4.79 Å². The molecule has 2 amide bonds. The number of carbonyl (C=O) groups excluding carboxylic acids is 1. The minimum Gasteiger partial charge on any atom is -0.494 e. The molecule has 3 aromatic rings. The van der Waals surface area contributed by atoms with Crippen molar-refractivity contribution in [1.82, 2.24) is 10.2 Å². The molecule has 0 radical (unpaired) electrons. The van der Waals surface area contributed by atoms with Gasteiger partial charge in [0.1, 0.15) is 5.75 Å². The molecule has 0 atom stereocenters. The zero-order chi connectivity index (χ0) is 20.1. The van der Waals surface area contributed by atoms with Crippen molar-refractivity contribution < 1.29 is 27.1 Å². The Kier molecular flexibility index (Phi) is 5.48. The molecular formula is C18H15F3N4O3. The molecule has 2 N–H and O–H groups in total. The number of urea groups is 1. The van der Waals surface area contributed by atoms with E-state index < -0.39 is 23.5 Å². The van der Waals surface area contributed by atoms with E-state index in [1.165, 1.54) is 12.1 Å². The number of carbonyl (C=O) groups is 1. The third-order valence-corrected chi connectivity index (χ3v) is 3.54. The number of ether oxygens (including phenoxy) is 1. The van der Waals surface area contributed by atoms with Gasteiger partial charge in [0, 0.05) is 5.56 Å². The van der Waals surface area contributed by atoms with E-state index in [9.17, 15) is 18.0 Å². The molecule has 0 unspecified atom stereocenters. The molecule has 10 heteroatoms. The van der Waals surface area contributed by atoms with Crippen LogP contribution in [0.3, 0.4) is 0 Å². The van der Waals surface area contributed by atoms with Crippen LogP contribution in [0.25, 0.3) is 11.5 Å². The molecule has 2 aromatic carbocycles. The minimum atomic E-state index is -4.60. The lowest BCUT2D eigenvalue weighted by Crippen LogP contribution is -2.22. The number of nitrogens with zero attached hydrogens (tertiary/aromatic N) is 2. The Morgan fingerprint density at radius 3 is 2.46 bits per heavy atom. The van der Waals surface area contributed by atoms with E-state index >= 15 is 0 Å². The van der Waals surface area contributed by atoms with Gasteiger partial charge in [-0.15, -0.1) is 5.10 Å². The van der Waals surface area contributed by atoms with Crippen LogP contribution < -0.4 is 15.4 Å². The number of para-hydroxylation sites is 1. The fraction of sp³-hybridized carbons (Fsp3) is 0.167. The van der Waals surface area contributed by atoms with Crippen LogP contribution in [0.4, 0.5) is 29.7 Å². The fourth-order valence-corrected chi connectivity index (χ4v) is 2.34. The molecule has 146 valence electrons. The molecule has 0 aliphatic heterocycles. The summed E-state index contributed by atoms with van der Waals surface area (Å²) in [6, 6.07) is 10.2. The summed E-state index contributed by atoms with van der Waals surface area (Å²) in [6.45, 7) is 2.39. The van der Waals surface area contributed by atoms with Crippen molar-refractivity contribution >= 4 is 17.7 Å². The van der Waals surface area contributed by atoms with Crippen molar-refractivity contribution in [2.45, 2.75) is 13.1 Å². The van der Waals surface area contributed by atoms with Crippen LogP contribution in [0.15, 0.2) is 52.9 Å². The quantitative estimate of drug-likeness (QED) is 0.651. The van der Waals surface area contributed by atoms with Crippen molar-refractivity contribution in [3.05, 3.63) is 54.1 Å². The van der Waals surface area contributed by atoms with Gasteiger partial charge >= 0.3 is 18.2 Å². The van der Waals surface area contributed by atoms with Crippen molar-refractivity contribution in [2.75, 3.05) is 17.2 Å². The Labute approximate surface area is 157 Å². The van der Waals surface area contributed by atoms with E-state index in [-0.39, 0.29) is 11.9 Å². The van der Waals surface area contributed by atoms with Gasteiger partial charge in [-0.3, -0.25) is 5.32 Å². The van der Waals surface area contributed by atoms with Gasteiger partial charge in [-0.1, -0.05) is 17.2 Å². The van der Waals surface area contributed by atoms with Crippen LogP contribution in [0.2, 0.25) is 0 Å². The molecule has 0 saturated heterocycles. The van der Waals surface area contributed by atoms with Crippen LogP contribution >= 0.6 is 0 Å². The first-order valence-electron chi connectivity index (χ1n) is 8.18. The normalized spacial score (nSPS) is 11.1. The molecule has 1 heterocycles. The highest BCUT2D eigenvalue weighted by molar-refractivity contribution is 5.99. The van der Waals surface area contributed by atoms with Gasteiger partial charge in [0.05, 0.1) is 17.9 Å². The summed E-state index contributed by atoms with van der Waals surface area (Å²) >= 11 is 0. The Bertz CT molecular complexity index is 955. The second-order valence-electron chi connectivity index (χ2n) is 5.49. The van der Waals surface area contributed by atoms with E-state index in [1.807, 2.05) is 6.92 Å². The first kappa shape index (κ1) is 19.2. The van der Waals surface area contributed by atoms with E-state index in [2.05, 4.69) is 20.8 Å². The molecule has 3 rings (SSSR count). The lowest BCUT2D eigenvalue weighted by Gasteiger charge is -2.13. The zero-order valence-electron chi connectivity index (χ0n) is 14.6. The maximum atomic E-state index is 13.0. The van der Waals surface area contributed by atoms with E-state index in [0.717, 1.165) is 12.1 Å². The van der Waals surface area contributed by atoms with Gasteiger partial charge < -0.3 is 14.5 Å². The SMILES string of the molecule is CCOc1ccc(-c2nnc(NC(=O)Nc3ccccc3C(F)(F)F)o2)cc1. The van der Waals surface area contributed by atoms with E-state index in [4.69, 9.17) is 9.15 Å². The lowest BCUT2D eigenvalue weighted by atomic mass is 10.1. The summed E-state index contributed by atoms with van der Waals surface area (Å²) in [5, 5.41) is 11.8. The largest absolute Gasteiger partial charge is 0.494 e. The van der Waals surface area contributed by atoms with E-state index in [1.54, 1.807) is 24.3 Å². The number of hydrogen-bond donors (Lipinski definition) is 2. The van der Waals surface area contributed by atoms with Gasteiger partial charge in [-0.05, 0) is 43.3 Å². The Balaban J connectivity index is 1.68. The molecule has 28 heavy (non-hydrogen) atoms. The second-order valence-corrected chi connectivity index (χ2v) is 5.49. The highest BCUT2D eigenvalue weighted by Gasteiger charge is 2.33. The first-order chi connectivity index (χ1) is 13.4. The van der Waals surface area contributed by atoms with Crippen molar-refractivity contribution in [2.24, 2.45) is 0 Å². The highest BCUT2D eigenvalue weighted by atomic mass is 19.4. The summed E-state index contributed by atoms with van der Waals surface area (Å²) in [5.74, 6) is 0.806. The fourth-order valence-electron chi connectivity index (χ4n) is 2.34. The maximum Gasteiger partial charge on any atom is 0.418 e. The number of anilines is 2. The molecular weight excluding hydrogens is 377 g/mol. The number of benzene rings is 2. The Hall–Kier alpha value is -3.56. The maximum absolute atomic E-state index is 13.0. The monoisotopic (exact) mass is 392 g/mol. The van der Waals surface area contributed by atoms with Crippen LogP contribution in [0.5, 0.6) is 5.75 Å². The number of halogens is 3. The standard InChI is InChI=1S/C18H15F3N4O3/c1-2-27-12-9-7-11(8-10-12)15-24-25-17(28-15)23-16(26)22-14-6-4-3-5-13(14)18(19,20)21/h3-10H,2H2,1H3,(H2,22,23,25,26). The summed E-state index contributed by atoms with van der Waals surface area (Å²) in [5.41, 5.74) is -0.767. The number of nitrogens with one attached hydrogen (secondary N) is 2. The smallest absolute Gasteiger partial charge is 0.418 e. The summed E-state index contributed by atoms with van der Waals surface area (Å²) < 4.78 is 49.6. The van der Waals surface area contributed by atoms with Crippen LogP contribution in [-0.2, 0) is 6.18 Å². The van der Waals surface area contributed by atoms with Crippen LogP contribution in [0, 0.1) is 0 Å². The second kappa shape index (κ2) is 7.99. The van der Waals surface area contributed by atoms with Crippen molar-refractivity contribution in [1.29, 1.82) is 0 Å². The van der Waals surface area contributed by atoms with Gasteiger partial charge in [0.2, 0.25) is 5.89 Å². The molecule has 1 aromatic heterocycles. The number of rotatable bonds is 5. The molecule has 0 aliphatic rings. The molecule has 0 aliphatic carbocycles. The number of alkyl halides is 3. The average molecular weight is 392 g/mol. The third kappa shape index (κ3) is 4.58. The molecule has 0 bridgehead atoms. The predicted octanol–water partition coefficient (Wildman–Crippen LogP) is 4.80. The minimum absolute atomic E-state index is 0.133. The Morgan fingerprint density at radius 2 is 1.79 bits per heavy atom. The number of aromatic nitrogens is 2. The van der Waals surface area contributed by atoms with Gasteiger partial charge in [0.25, 0.3) is 0 Å². The molecule has 0 saturated carbocycles. The number of amides is 2. The van der Waals surface area contributed by atoms with E-state index in [0.29, 0.717) is 17.9 Å². The lowest BCUT2D eigenvalue weighted by molar-refractivity contribution is -0.136. The predicted molar refractivity (Wildman–Crippen MR) is 95.0 cm³/mol. The topological polar surface area (TPSA) is 89.3 Å². The Morgan fingerprint density at radius 1 is 1.07 bits per heavy atom.